The fourth-order valence-corrected chi connectivity index (χ4v) is 2.54. The minimum absolute atomic E-state index is 0.759. The van der Waals surface area contributed by atoms with Crippen molar-refractivity contribution in [3.05, 3.63) is 58.9 Å². The average Bonchev–Trinajstić information content (AvgIpc) is 2.71. The van der Waals surface area contributed by atoms with Gasteiger partial charge in [-0.25, -0.2) is 0 Å². The minimum atomic E-state index is 0.759. The van der Waals surface area contributed by atoms with Gasteiger partial charge in [0, 0.05) is 12.2 Å². The van der Waals surface area contributed by atoms with Crippen LogP contribution in [0.3, 0.4) is 0 Å². The van der Waals surface area contributed by atoms with E-state index in [1.54, 1.807) is 0 Å². The Morgan fingerprint density at radius 2 is 1.94 bits per heavy atom. The Labute approximate surface area is 112 Å². The number of hydrogen-bond donors (Lipinski definition) is 1. The molecule has 0 spiro atoms. The summed E-state index contributed by atoms with van der Waals surface area (Å²) in [6, 6.07) is 14.9. The molecule has 0 saturated heterocycles. The van der Waals surface area contributed by atoms with E-state index in [2.05, 4.69) is 52.7 Å². The summed E-state index contributed by atoms with van der Waals surface area (Å²) in [5, 5.41) is 6.52. The van der Waals surface area contributed by atoms with Gasteiger partial charge in [-0.2, -0.15) is 0 Å². The van der Waals surface area contributed by atoms with Crippen molar-refractivity contribution in [2.45, 2.75) is 13.5 Å². The summed E-state index contributed by atoms with van der Waals surface area (Å²) in [6.45, 7) is 3.72. The van der Waals surface area contributed by atoms with Crippen LogP contribution in [0.2, 0.25) is 0 Å². The molecule has 0 fully saturated rings. The third-order valence-corrected chi connectivity index (χ3v) is 3.87. The monoisotopic (exact) mass is 258 g/mol. The number of nitrogens with one attached hydrogen (secondary N) is 1. The zero-order chi connectivity index (χ0) is 12.5. The molecule has 0 unspecified atom stereocenters. The quantitative estimate of drug-likeness (QED) is 0.828. The number of rotatable bonds is 2. The number of benzene rings is 2. The summed E-state index contributed by atoms with van der Waals surface area (Å²) in [6.07, 6.45) is 0. The SMILES string of the molecule is CC1=C(Cl)NCN1Cc1cccc2ccccc12. The van der Waals surface area contributed by atoms with E-state index >= 15 is 0 Å². The first-order valence-corrected chi connectivity index (χ1v) is 6.45. The van der Waals surface area contributed by atoms with Crippen LogP contribution in [0.5, 0.6) is 0 Å². The molecule has 0 atom stereocenters. The molecule has 2 nitrogen and oxygen atoms in total. The molecule has 1 aliphatic heterocycles. The topological polar surface area (TPSA) is 15.3 Å². The molecule has 0 saturated carbocycles. The Bertz CT molecular complexity index is 613. The molecule has 1 N–H and O–H groups in total. The molecule has 0 amide bonds. The van der Waals surface area contributed by atoms with E-state index in [1.165, 1.54) is 16.3 Å². The zero-order valence-corrected chi connectivity index (χ0v) is 11.0. The molecule has 1 aliphatic rings. The molecular weight excluding hydrogens is 244 g/mol. The van der Waals surface area contributed by atoms with E-state index in [0.717, 1.165) is 24.1 Å². The second-order valence-corrected chi connectivity index (χ2v) is 4.95. The van der Waals surface area contributed by atoms with Gasteiger partial charge in [-0.05, 0) is 23.3 Å². The minimum Gasteiger partial charge on any atom is -0.357 e. The first-order chi connectivity index (χ1) is 8.75. The molecule has 2 aromatic carbocycles. The fourth-order valence-electron chi connectivity index (χ4n) is 2.36. The molecule has 3 rings (SSSR count). The predicted octanol–water partition coefficient (Wildman–Crippen LogP) is 3.63. The van der Waals surface area contributed by atoms with Crippen LogP contribution in [0, 0.1) is 0 Å². The van der Waals surface area contributed by atoms with E-state index in [4.69, 9.17) is 11.6 Å². The highest BCUT2D eigenvalue weighted by molar-refractivity contribution is 6.29. The summed E-state index contributed by atoms with van der Waals surface area (Å²) >= 11 is 6.07. The van der Waals surface area contributed by atoms with Crippen molar-refractivity contribution in [2.75, 3.05) is 6.67 Å². The molecule has 0 bridgehead atoms. The molecule has 1 heterocycles. The van der Waals surface area contributed by atoms with Gasteiger partial charge in [-0.3, -0.25) is 0 Å². The van der Waals surface area contributed by atoms with E-state index in [1.807, 2.05) is 6.92 Å². The third-order valence-electron chi connectivity index (χ3n) is 3.46. The highest BCUT2D eigenvalue weighted by Crippen LogP contribution is 2.24. The van der Waals surface area contributed by atoms with Crippen molar-refractivity contribution in [1.82, 2.24) is 10.2 Å². The number of hydrogen-bond acceptors (Lipinski definition) is 2. The molecule has 18 heavy (non-hydrogen) atoms. The predicted molar refractivity (Wildman–Crippen MR) is 76.0 cm³/mol. The van der Waals surface area contributed by atoms with E-state index in [-0.39, 0.29) is 0 Å². The second kappa shape index (κ2) is 4.54. The van der Waals surface area contributed by atoms with Crippen LogP contribution in [0.1, 0.15) is 12.5 Å². The molecule has 2 aromatic rings. The Balaban J connectivity index is 1.96. The smallest absolute Gasteiger partial charge is 0.122 e. The molecule has 0 aliphatic carbocycles. The molecule has 0 radical (unpaired) electrons. The first-order valence-electron chi connectivity index (χ1n) is 6.07. The van der Waals surface area contributed by atoms with E-state index < -0.39 is 0 Å². The van der Waals surface area contributed by atoms with Crippen LogP contribution >= 0.6 is 11.6 Å². The highest BCUT2D eigenvalue weighted by Gasteiger charge is 2.17. The van der Waals surface area contributed by atoms with Crippen LogP contribution in [-0.4, -0.2) is 11.6 Å². The zero-order valence-electron chi connectivity index (χ0n) is 10.3. The van der Waals surface area contributed by atoms with E-state index in [0.29, 0.717) is 0 Å². The van der Waals surface area contributed by atoms with Crippen molar-refractivity contribution in [1.29, 1.82) is 0 Å². The maximum Gasteiger partial charge on any atom is 0.122 e. The Morgan fingerprint density at radius 1 is 1.17 bits per heavy atom. The van der Waals surface area contributed by atoms with Crippen LogP contribution in [-0.2, 0) is 6.54 Å². The van der Waals surface area contributed by atoms with Crippen molar-refractivity contribution in [3.8, 4) is 0 Å². The molecule has 3 heteroatoms. The first kappa shape index (κ1) is 11.4. The summed E-state index contributed by atoms with van der Waals surface area (Å²) in [7, 11) is 0. The van der Waals surface area contributed by atoms with Gasteiger partial charge >= 0.3 is 0 Å². The number of halogens is 1. The Hall–Kier alpha value is -1.67. The van der Waals surface area contributed by atoms with Crippen LogP contribution in [0.15, 0.2) is 53.3 Å². The lowest BCUT2D eigenvalue weighted by atomic mass is 10.0. The largest absolute Gasteiger partial charge is 0.357 e. The van der Waals surface area contributed by atoms with Gasteiger partial charge in [-0.1, -0.05) is 54.1 Å². The summed E-state index contributed by atoms with van der Waals surface area (Å²) in [5.41, 5.74) is 2.45. The maximum atomic E-state index is 6.07. The fraction of sp³-hybridized carbons (Fsp3) is 0.200. The Morgan fingerprint density at radius 3 is 2.72 bits per heavy atom. The normalized spacial score (nSPS) is 15.3. The van der Waals surface area contributed by atoms with Crippen molar-refractivity contribution in [2.24, 2.45) is 0 Å². The van der Waals surface area contributed by atoms with Gasteiger partial charge in [0.15, 0.2) is 0 Å². The van der Waals surface area contributed by atoms with Gasteiger partial charge in [0.25, 0.3) is 0 Å². The summed E-state index contributed by atoms with van der Waals surface area (Å²) < 4.78 is 0. The maximum absolute atomic E-state index is 6.07. The number of fused-ring (bicyclic) bond motifs is 1. The number of nitrogens with zero attached hydrogens (tertiary/aromatic N) is 1. The standard InChI is InChI=1S/C15H15ClN2/c1-11-15(16)17-10-18(11)9-13-7-4-6-12-5-2-3-8-14(12)13/h2-8,17H,9-10H2,1H3. The van der Waals surface area contributed by atoms with Gasteiger partial charge in [-0.15, -0.1) is 0 Å². The second-order valence-electron chi connectivity index (χ2n) is 4.57. The lowest BCUT2D eigenvalue weighted by molar-refractivity contribution is 0.358. The van der Waals surface area contributed by atoms with Gasteiger partial charge in [0.05, 0.1) is 6.67 Å². The van der Waals surface area contributed by atoms with Crippen molar-refractivity contribution < 1.29 is 0 Å². The Kier molecular flexibility index (Phi) is 2.88. The van der Waals surface area contributed by atoms with Gasteiger partial charge in [0.1, 0.15) is 5.16 Å². The van der Waals surface area contributed by atoms with Crippen LogP contribution in [0.25, 0.3) is 10.8 Å². The highest BCUT2D eigenvalue weighted by atomic mass is 35.5. The van der Waals surface area contributed by atoms with Crippen molar-refractivity contribution in [3.63, 3.8) is 0 Å². The van der Waals surface area contributed by atoms with Gasteiger partial charge in [0.2, 0.25) is 0 Å². The molecular formula is C15H15ClN2. The lowest BCUT2D eigenvalue weighted by Crippen LogP contribution is -2.22. The molecule has 92 valence electrons. The summed E-state index contributed by atoms with van der Waals surface area (Å²) in [4.78, 5) is 2.25. The lowest BCUT2D eigenvalue weighted by Gasteiger charge is -2.19. The van der Waals surface area contributed by atoms with Crippen LogP contribution < -0.4 is 5.32 Å². The average molecular weight is 259 g/mol. The van der Waals surface area contributed by atoms with Gasteiger partial charge < -0.3 is 10.2 Å². The van der Waals surface area contributed by atoms with Crippen molar-refractivity contribution >= 4 is 22.4 Å². The number of allylic oxidation sites excluding steroid dienone is 1. The summed E-state index contributed by atoms with van der Waals surface area (Å²) in [5.74, 6) is 0. The van der Waals surface area contributed by atoms with E-state index in [9.17, 15) is 0 Å². The third kappa shape index (κ3) is 1.93. The molecule has 0 aromatic heterocycles. The van der Waals surface area contributed by atoms with Crippen LogP contribution in [0.4, 0.5) is 0 Å².